The van der Waals surface area contributed by atoms with Gasteiger partial charge in [0.1, 0.15) is 0 Å². The van der Waals surface area contributed by atoms with Crippen LogP contribution in [-0.2, 0) is 4.74 Å². The van der Waals surface area contributed by atoms with Crippen LogP contribution in [0.15, 0.2) is 0 Å². The van der Waals surface area contributed by atoms with Gasteiger partial charge in [-0.25, -0.2) is 0 Å². The summed E-state index contributed by atoms with van der Waals surface area (Å²) in [6.45, 7) is 3.50. The second kappa shape index (κ2) is 6.17. The number of rotatable bonds is 7. The molecule has 1 N–H and O–H groups in total. The highest BCUT2D eigenvalue weighted by molar-refractivity contribution is 4.84. The van der Waals surface area contributed by atoms with Crippen LogP contribution in [0.25, 0.3) is 0 Å². The molecule has 0 radical (unpaired) electrons. The molecular weight excluding hydrogens is 214 g/mol. The predicted octanol–water partition coefficient (Wildman–Crippen LogP) is 2.04. The van der Waals surface area contributed by atoms with E-state index in [2.05, 4.69) is 11.9 Å². The van der Waals surface area contributed by atoms with Crippen LogP contribution in [0.4, 0.5) is 0 Å². The average Bonchev–Trinajstić information content (AvgIpc) is 3.08. The van der Waals surface area contributed by atoms with Crippen LogP contribution >= 0.6 is 0 Å². The second-order valence-corrected chi connectivity index (χ2v) is 6.04. The molecule has 3 nitrogen and oxygen atoms in total. The Hall–Kier alpha value is -0.120. The van der Waals surface area contributed by atoms with Gasteiger partial charge in [-0.15, -0.1) is 0 Å². The highest BCUT2D eigenvalue weighted by Crippen LogP contribution is 2.29. The molecule has 0 aliphatic heterocycles. The van der Waals surface area contributed by atoms with Gasteiger partial charge in [0.2, 0.25) is 0 Å². The first-order valence-electron chi connectivity index (χ1n) is 7.17. The van der Waals surface area contributed by atoms with Gasteiger partial charge in [-0.3, -0.25) is 0 Å². The maximum Gasteiger partial charge on any atom is 0.0774 e. The van der Waals surface area contributed by atoms with Gasteiger partial charge in [-0.05, 0) is 38.6 Å². The van der Waals surface area contributed by atoms with E-state index in [-0.39, 0.29) is 0 Å². The lowest BCUT2D eigenvalue weighted by Crippen LogP contribution is -2.43. The first-order valence-corrected chi connectivity index (χ1v) is 7.17. The summed E-state index contributed by atoms with van der Waals surface area (Å²) in [7, 11) is 2.09. The normalized spacial score (nSPS) is 24.2. The van der Waals surface area contributed by atoms with Crippen LogP contribution < -0.4 is 0 Å². The molecule has 0 aromatic carbocycles. The lowest BCUT2D eigenvalue weighted by molar-refractivity contribution is -0.0256. The smallest absolute Gasteiger partial charge is 0.0774 e. The molecule has 2 aliphatic rings. The zero-order valence-corrected chi connectivity index (χ0v) is 11.2. The molecule has 100 valence electrons. The van der Waals surface area contributed by atoms with Gasteiger partial charge >= 0.3 is 0 Å². The van der Waals surface area contributed by atoms with Crippen molar-refractivity contribution >= 4 is 0 Å². The Labute approximate surface area is 105 Å². The number of aliphatic hydroxyl groups is 1. The van der Waals surface area contributed by atoms with Crippen molar-refractivity contribution in [3.05, 3.63) is 0 Å². The predicted molar refractivity (Wildman–Crippen MR) is 69.1 cm³/mol. The van der Waals surface area contributed by atoms with Crippen LogP contribution in [0.1, 0.15) is 44.9 Å². The standard InChI is InChI=1S/C14H27NO2/c1-15(9-10-17-11-13-5-6-13)12-14(16)7-3-2-4-8-14/h13,16H,2-12H2,1H3. The van der Waals surface area contributed by atoms with Gasteiger partial charge in [0.25, 0.3) is 0 Å². The van der Waals surface area contributed by atoms with E-state index in [0.717, 1.165) is 45.1 Å². The van der Waals surface area contributed by atoms with E-state index in [1.807, 2.05) is 0 Å². The molecule has 17 heavy (non-hydrogen) atoms. The Morgan fingerprint density at radius 3 is 2.59 bits per heavy atom. The number of ether oxygens (including phenoxy) is 1. The van der Waals surface area contributed by atoms with E-state index in [4.69, 9.17) is 4.74 Å². The molecule has 2 aliphatic carbocycles. The molecule has 0 spiro atoms. The van der Waals surface area contributed by atoms with Gasteiger partial charge in [0.05, 0.1) is 12.2 Å². The minimum atomic E-state index is -0.427. The summed E-state index contributed by atoms with van der Waals surface area (Å²) in [4.78, 5) is 2.22. The van der Waals surface area contributed by atoms with Crippen LogP contribution in [0.3, 0.4) is 0 Å². The Balaban J connectivity index is 1.56. The summed E-state index contributed by atoms with van der Waals surface area (Å²) < 4.78 is 5.63. The fourth-order valence-corrected chi connectivity index (χ4v) is 2.70. The Morgan fingerprint density at radius 1 is 1.24 bits per heavy atom. The first-order chi connectivity index (χ1) is 8.18. The monoisotopic (exact) mass is 241 g/mol. The highest BCUT2D eigenvalue weighted by atomic mass is 16.5. The summed E-state index contributed by atoms with van der Waals surface area (Å²) in [5.74, 6) is 0.850. The lowest BCUT2D eigenvalue weighted by Gasteiger charge is -2.35. The van der Waals surface area contributed by atoms with Crippen LogP contribution in [0.2, 0.25) is 0 Å². The van der Waals surface area contributed by atoms with E-state index in [1.165, 1.54) is 32.1 Å². The van der Waals surface area contributed by atoms with Gasteiger partial charge in [0, 0.05) is 19.7 Å². The number of hydrogen-bond donors (Lipinski definition) is 1. The molecule has 2 saturated carbocycles. The molecule has 2 fully saturated rings. The zero-order chi connectivity index (χ0) is 12.1. The van der Waals surface area contributed by atoms with Crippen LogP contribution in [0.5, 0.6) is 0 Å². The summed E-state index contributed by atoms with van der Waals surface area (Å²) >= 11 is 0. The summed E-state index contributed by atoms with van der Waals surface area (Å²) in [6, 6.07) is 0. The Kier molecular flexibility index (Phi) is 4.83. The second-order valence-electron chi connectivity index (χ2n) is 6.04. The molecule has 3 heteroatoms. The number of likely N-dealkylation sites (N-methyl/N-ethyl adjacent to an activating group) is 1. The number of nitrogens with zero attached hydrogens (tertiary/aromatic N) is 1. The molecule has 0 saturated heterocycles. The van der Waals surface area contributed by atoms with Crippen molar-refractivity contribution in [2.24, 2.45) is 5.92 Å². The molecule has 0 heterocycles. The number of hydrogen-bond acceptors (Lipinski definition) is 3. The van der Waals surface area contributed by atoms with Crippen molar-refractivity contribution in [2.45, 2.75) is 50.5 Å². The average molecular weight is 241 g/mol. The highest BCUT2D eigenvalue weighted by Gasteiger charge is 2.30. The summed E-state index contributed by atoms with van der Waals surface area (Å²) in [5, 5.41) is 10.4. The fraction of sp³-hybridized carbons (Fsp3) is 1.00. The van der Waals surface area contributed by atoms with E-state index in [1.54, 1.807) is 0 Å². The molecule has 0 amide bonds. The van der Waals surface area contributed by atoms with E-state index in [9.17, 15) is 5.11 Å². The quantitative estimate of drug-likeness (QED) is 0.692. The molecule has 0 aromatic rings. The van der Waals surface area contributed by atoms with Gasteiger partial charge in [0.15, 0.2) is 0 Å². The SMILES string of the molecule is CN(CCOCC1CC1)CC1(O)CCCCC1. The lowest BCUT2D eigenvalue weighted by atomic mass is 9.84. The van der Waals surface area contributed by atoms with Gasteiger partial charge in [-0.2, -0.15) is 0 Å². The van der Waals surface area contributed by atoms with Crippen LogP contribution in [0, 0.1) is 5.92 Å². The molecular formula is C14H27NO2. The van der Waals surface area contributed by atoms with Crippen molar-refractivity contribution in [1.82, 2.24) is 4.90 Å². The van der Waals surface area contributed by atoms with Crippen molar-refractivity contribution in [3.63, 3.8) is 0 Å². The Morgan fingerprint density at radius 2 is 1.94 bits per heavy atom. The molecule has 0 aromatic heterocycles. The molecule has 0 unspecified atom stereocenters. The Bertz CT molecular complexity index is 222. The third kappa shape index (κ3) is 4.94. The maximum absolute atomic E-state index is 10.4. The van der Waals surface area contributed by atoms with E-state index in [0.29, 0.717) is 0 Å². The van der Waals surface area contributed by atoms with Crippen molar-refractivity contribution in [2.75, 3.05) is 33.4 Å². The van der Waals surface area contributed by atoms with Gasteiger partial charge in [-0.1, -0.05) is 19.3 Å². The van der Waals surface area contributed by atoms with Gasteiger partial charge < -0.3 is 14.7 Å². The van der Waals surface area contributed by atoms with Crippen molar-refractivity contribution in [1.29, 1.82) is 0 Å². The molecule has 0 bridgehead atoms. The maximum atomic E-state index is 10.4. The largest absolute Gasteiger partial charge is 0.389 e. The first kappa shape index (κ1) is 13.3. The molecule has 2 rings (SSSR count). The molecule has 0 atom stereocenters. The third-order valence-electron chi connectivity index (χ3n) is 4.02. The van der Waals surface area contributed by atoms with E-state index >= 15 is 0 Å². The topological polar surface area (TPSA) is 32.7 Å². The minimum absolute atomic E-state index is 0.427. The van der Waals surface area contributed by atoms with Crippen LogP contribution in [-0.4, -0.2) is 49.0 Å². The summed E-state index contributed by atoms with van der Waals surface area (Å²) in [6.07, 6.45) is 8.31. The summed E-state index contributed by atoms with van der Waals surface area (Å²) in [5.41, 5.74) is -0.427. The van der Waals surface area contributed by atoms with Crippen molar-refractivity contribution in [3.8, 4) is 0 Å². The fourth-order valence-electron chi connectivity index (χ4n) is 2.70. The minimum Gasteiger partial charge on any atom is -0.389 e. The van der Waals surface area contributed by atoms with Crippen molar-refractivity contribution < 1.29 is 9.84 Å². The zero-order valence-electron chi connectivity index (χ0n) is 11.2. The third-order valence-corrected chi connectivity index (χ3v) is 4.02. The van der Waals surface area contributed by atoms with E-state index < -0.39 is 5.60 Å².